The Morgan fingerprint density at radius 2 is 1.94 bits per heavy atom. The fraction of sp³-hybridized carbons (Fsp3) is 0.438. The number of hydrogen-bond donors (Lipinski definition) is 1. The third-order valence-corrected chi connectivity index (χ3v) is 3.23. The molecule has 18 heavy (non-hydrogen) atoms. The number of nitrogens with one attached hydrogen (secondary N) is 1. The summed E-state index contributed by atoms with van der Waals surface area (Å²) in [4.78, 5) is 14.8. The van der Waals surface area contributed by atoms with Crippen molar-refractivity contribution in [1.82, 2.24) is 4.98 Å². The van der Waals surface area contributed by atoms with Crippen LogP contribution in [-0.4, -0.2) is 10.8 Å². The lowest BCUT2D eigenvalue weighted by Gasteiger charge is -2.16. The van der Waals surface area contributed by atoms with Gasteiger partial charge in [0.25, 0.3) is 0 Å². The number of carbonyl (C=O) groups excluding carboxylic acids is 1. The number of hydrogen-bond acceptors (Lipinski definition) is 1. The highest BCUT2D eigenvalue weighted by molar-refractivity contribution is 5.98. The average molecular weight is 243 g/mol. The van der Waals surface area contributed by atoms with Crippen LogP contribution < -0.4 is 0 Å². The number of aromatic nitrogens is 1. The van der Waals surface area contributed by atoms with Crippen LogP contribution in [0.2, 0.25) is 0 Å². The van der Waals surface area contributed by atoms with Gasteiger partial charge in [-0.25, -0.2) is 0 Å². The molecule has 1 N–H and O–H groups in total. The first kappa shape index (κ1) is 12.9. The van der Waals surface area contributed by atoms with Crippen molar-refractivity contribution < 1.29 is 4.79 Å². The zero-order chi connectivity index (χ0) is 13.3. The van der Waals surface area contributed by atoms with Gasteiger partial charge in [-0.3, -0.25) is 4.79 Å². The summed E-state index contributed by atoms with van der Waals surface area (Å²) in [6.45, 7) is 8.37. The number of rotatable bonds is 3. The summed E-state index contributed by atoms with van der Waals surface area (Å²) < 4.78 is 0. The van der Waals surface area contributed by atoms with E-state index in [9.17, 15) is 4.79 Å². The number of ketones is 1. The molecular formula is C16H21NO. The highest BCUT2D eigenvalue weighted by Gasteiger charge is 2.11. The SMILES string of the molecule is CC(=O)c1ccc2[nH]c(CCC(C)(C)C)cc2c1. The summed E-state index contributed by atoms with van der Waals surface area (Å²) >= 11 is 0. The van der Waals surface area contributed by atoms with E-state index in [0.717, 1.165) is 29.3 Å². The summed E-state index contributed by atoms with van der Waals surface area (Å²) in [5.74, 6) is 0.120. The number of carbonyl (C=O) groups is 1. The lowest BCUT2D eigenvalue weighted by molar-refractivity contribution is 0.101. The first-order valence-electron chi connectivity index (χ1n) is 6.48. The number of aryl methyl sites for hydroxylation is 1. The zero-order valence-corrected chi connectivity index (χ0v) is 11.6. The molecule has 2 heteroatoms. The molecule has 2 aromatic rings. The van der Waals surface area contributed by atoms with E-state index >= 15 is 0 Å². The van der Waals surface area contributed by atoms with Crippen molar-refractivity contribution >= 4 is 16.7 Å². The Morgan fingerprint density at radius 3 is 2.56 bits per heavy atom. The van der Waals surface area contributed by atoms with Crippen molar-refractivity contribution in [2.75, 3.05) is 0 Å². The number of Topliss-reactive ketones (excluding diaryl/α,β-unsaturated/α-hetero) is 1. The maximum atomic E-state index is 11.3. The first-order chi connectivity index (χ1) is 8.35. The smallest absolute Gasteiger partial charge is 0.159 e. The highest BCUT2D eigenvalue weighted by atomic mass is 16.1. The Balaban J connectivity index is 2.24. The number of aromatic amines is 1. The van der Waals surface area contributed by atoms with Crippen molar-refractivity contribution in [3.8, 4) is 0 Å². The van der Waals surface area contributed by atoms with Crippen LogP contribution in [0, 0.1) is 5.41 Å². The molecule has 0 unspecified atom stereocenters. The molecule has 0 saturated carbocycles. The largest absolute Gasteiger partial charge is 0.358 e. The van der Waals surface area contributed by atoms with Crippen LogP contribution >= 0.6 is 0 Å². The fourth-order valence-corrected chi connectivity index (χ4v) is 2.06. The number of fused-ring (bicyclic) bond motifs is 1. The Morgan fingerprint density at radius 1 is 1.22 bits per heavy atom. The third kappa shape index (κ3) is 3.00. The van der Waals surface area contributed by atoms with Crippen molar-refractivity contribution in [1.29, 1.82) is 0 Å². The van der Waals surface area contributed by atoms with Gasteiger partial charge in [0.1, 0.15) is 0 Å². The van der Waals surface area contributed by atoms with Gasteiger partial charge >= 0.3 is 0 Å². The Hall–Kier alpha value is -1.57. The summed E-state index contributed by atoms with van der Waals surface area (Å²) in [5.41, 5.74) is 3.50. The molecule has 96 valence electrons. The van der Waals surface area contributed by atoms with E-state index in [0.29, 0.717) is 5.41 Å². The van der Waals surface area contributed by atoms with Gasteiger partial charge < -0.3 is 4.98 Å². The van der Waals surface area contributed by atoms with E-state index in [1.54, 1.807) is 6.92 Å². The minimum absolute atomic E-state index is 0.120. The second-order valence-electron chi connectivity index (χ2n) is 6.21. The molecule has 0 aliphatic rings. The molecule has 0 aliphatic heterocycles. The lowest BCUT2D eigenvalue weighted by Crippen LogP contribution is -2.06. The van der Waals surface area contributed by atoms with Crippen LogP contribution in [0.3, 0.4) is 0 Å². The van der Waals surface area contributed by atoms with Gasteiger partial charge in [-0.2, -0.15) is 0 Å². The first-order valence-corrected chi connectivity index (χ1v) is 6.48. The maximum Gasteiger partial charge on any atom is 0.159 e. The molecule has 1 aromatic heterocycles. The molecule has 2 nitrogen and oxygen atoms in total. The molecule has 0 spiro atoms. The van der Waals surface area contributed by atoms with Crippen LogP contribution in [0.5, 0.6) is 0 Å². The molecular weight excluding hydrogens is 222 g/mol. The molecule has 0 amide bonds. The van der Waals surface area contributed by atoms with Gasteiger partial charge in [0.15, 0.2) is 5.78 Å². The number of H-pyrrole nitrogens is 1. The van der Waals surface area contributed by atoms with E-state index in [1.807, 2.05) is 18.2 Å². The Labute approximate surface area is 108 Å². The Kier molecular flexibility index (Phi) is 3.29. The molecule has 0 radical (unpaired) electrons. The molecule has 1 aromatic carbocycles. The summed E-state index contributed by atoms with van der Waals surface area (Å²) in [7, 11) is 0. The maximum absolute atomic E-state index is 11.3. The second kappa shape index (κ2) is 4.60. The van der Waals surface area contributed by atoms with Crippen molar-refractivity contribution in [2.24, 2.45) is 5.41 Å². The van der Waals surface area contributed by atoms with E-state index in [2.05, 4.69) is 31.8 Å². The van der Waals surface area contributed by atoms with Crippen LogP contribution in [0.4, 0.5) is 0 Å². The van der Waals surface area contributed by atoms with Crippen LogP contribution in [0.1, 0.15) is 50.2 Å². The van der Waals surface area contributed by atoms with E-state index < -0.39 is 0 Å². The molecule has 2 rings (SSSR count). The summed E-state index contributed by atoms with van der Waals surface area (Å²) in [6, 6.07) is 8.00. The monoisotopic (exact) mass is 243 g/mol. The van der Waals surface area contributed by atoms with Gasteiger partial charge in [-0.05, 0) is 49.4 Å². The van der Waals surface area contributed by atoms with Crippen molar-refractivity contribution in [3.05, 3.63) is 35.5 Å². The normalized spacial score (nSPS) is 12.0. The quantitative estimate of drug-likeness (QED) is 0.799. The Bertz CT molecular complexity index is 572. The average Bonchev–Trinajstić information content (AvgIpc) is 2.66. The summed E-state index contributed by atoms with van der Waals surface area (Å²) in [5, 5.41) is 1.13. The zero-order valence-electron chi connectivity index (χ0n) is 11.6. The predicted molar refractivity (Wildman–Crippen MR) is 76.1 cm³/mol. The molecule has 0 aliphatic carbocycles. The predicted octanol–water partition coefficient (Wildman–Crippen LogP) is 4.35. The lowest BCUT2D eigenvalue weighted by atomic mass is 9.90. The van der Waals surface area contributed by atoms with Crippen LogP contribution in [0.15, 0.2) is 24.3 Å². The minimum Gasteiger partial charge on any atom is -0.358 e. The van der Waals surface area contributed by atoms with Gasteiger partial charge in [-0.15, -0.1) is 0 Å². The van der Waals surface area contributed by atoms with Gasteiger partial charge in [0.05, 0.1) is 0 Å². The standard InChI is InChI=1S/C16H21NO/c1-11(18)12-5-6-15-13(9-12)10-14(17-15)7-8-16(2,3)4/h5-6,9-10,17H,7-8H2,1-4H3. The second-order valence-corrected chi connectivity index (χ2v) is 6.21. The van der Waals surface area contributed by atoms with Crippen LogP contribution in [0.25, 0.3) is 10.9 Å². The molecule has 0 bridgehead atoms. The third-order valence-electron chi connectivity index (χ3n) is 3.23. The number of benzene rings is 1. The summed E-state index contributed by atoms with van der Waals surface area (Å²) in [6.07, 6.45) is 2.20. The van der Waals surface area contributed by atoms with Gasteiger partial charge in [0.2, 0.25) is 0 Å². The molecule has 0 fully saturated rings. The molecule has 1 heterocycles. The topological polar surface area (TPSA) is 32.9 Å². The highest BCUT2D eigenvalue weighted by Crippen LogP contribution is 2.23. The minimum atomic E-state index is 0.120. The van der Waals surface area contributed by atoms with Gasteiger partial charge in [0, 0.05) is 22.2 Å². The van der Waals surface area contributed by atoms with E-state index in [4.69, 9.17) is 0 Å². The van der Waals surface area contributed by atoms with Crippen LogP contribution in [-0.2, 0) is 6.42 Å². The van der Waals surface area contributed by atoms with Gasteiger partial charge in [-0.1, -0.05) is 20.8 Å². The van der Waals surface area contributed by atoms with E-state index in [1.165, 1.54) is 5.69 Å². The van der Waals surface area contributed by atoms with E-state index in [-0.39, 0.29) is 5.78 Å². The molecule has 0 saturated heterocycles. The van der Waals surface area contributed by atoms with Crippen molar-refractivity contribution in [2.45, 2.75) is 40.5 Å². The molecule has 0 atom stereocenters. The fourth-order valence-electron chi connectivity index (χ4n) is 2.06. The van der Waals surface area contributed by atoms with Crippen molar-refractivity contribution in [3.63, 3.8) is 0 Å².